The van der Waals surface area contributed by atoms with Gasteiger partial charge in [0, 0.05) is 24.6 Å². The number of carboxylic acids is 1. The van der Waals surface area contributed by atoms with Crippen LogP contribution in [-0.4, -0.2) is 34.8 Å². The summed E-state index contributed by atoms with van der Waals surface area (Å²) < 4.78 is 40.7. The van der Waals surface area contributed by atoms with E-state index in [-0.39, 0.29) is 5.56 Å². The highest BCUT2D eigenvalue weighted by Gasteiger charge is 2.30. The number of benzene rings is 2. The second kappa shape index (κ2) is 7.92. The van der Waals surface area contributed by atoms with Gasteiger partial charge in [0.1, 0.15) is 17.5 Å². The Morgan fingerprint density at radius 1 is 1.04 bits per heavy atom. The molecule has 0 radical (unpaired) electrons. The van der Waals surface area contributed by atoms with Crippen LogP contribution in [0.25, 0.3) is 0 Å². The fraction of sp³-hybridized carbons (Fsp3) is 0.300. The summed E-state index contributed by atoms with van der Waals surface area (Å²) in [5.41, 5.74) is 0.374. The fourth-order valence-corrected chi connectivity index (χ4v) is 3.40. The number of aromatic carboxylic acids is 1. The molecule has 0 atom stereocenters. The molecule has 0 unspecified atom stereocenters. The first-order chi connectivity index (χ1) is 12.8. The van der Waals surface area contributed by atoms with Crippen molar-refractivity contribution in [2.24, 2.45) is 5.92 Å². The fourth-order valence-electron chi connectivity index (χ4n) is 3.40. The number of ketones is 1. The smallest absolute Gasteiger partial charge is 0.335 e. The molecule has 1 heterocycles. The van der Waals surface area contributed by atoms with Gasteiger partial charge in [-0.15, -0.1) is 0 Å². The van der Waals surface area contributed by atoms with Crippen molar-refractivity contribution >= 4 is 11.8 Å². The van der Waals surface area contributed by atoms with Gasteiger partial charge < -0.3 is 5.11 Å². The van der Waals surface area contributed by atoms with E-state index in [9.17, 15) is 22.8 Å². The highest BCUT2D eigenvalue weighted by molar-refractivity contribution is 5.98. The molecule has 2 aromatic carbocycles. The molecule has 0 bridgehead atoms. The lowest BCUT2D eigenvalue weighted by Crippen LogP contribution is -2.36. The van der Waals surface area contributed by atoms with Gasteiger partial charge in [-0.05, 0) is 43.6 Å². The molecule has 1 N–H and O–H groups in total. The van der Waals surface area contributed by atoms with Gasteiger partial charge in [-0.2, -0.15) is 0 Å². The average Bonchev–Trinajstić information content (AvgIpc) is 2.61. The number of hydrogen-bond donors (Lipinski definition) is 1. The summed E-state index contributed by atoms with van der Waals surface area (Å²) in [5, 5.41) is 9.05. The SMILES string of the molecule is O=C(O)c1cccc(CN2CCC(C(=O)c3c(F)cc(F)cc3F)CC2)c1. The van der Waals surface area contributed by atoms with E-state index in [0.717, 1.165) is 5.56 Å². The Labute approximate surface area is 154 Å². The molecule has 0 aliphatic carbocycles. The van der Waals surface area contributed by atoms with E-state index >= 15 is 0 Å². The highest BCUT2D eigenvalue weighted by Crippen LogP contribution is 2.26. The average molecular weight is 377 g/mol. The monoisotopic (exact) mass is 377 g/mol. The number of carbonyl (C=O) groups excluding carboxylic acids is 1. The summed E-state index contributed by atoms with van der Waals surface area (Å²) in [7, 11) is 0. The van der Waals surface area contributed by atoms with Gasteiger partial charge in [-0.1, -0.05) is 12.1 Å². The maximum atomic E-state index is 13.8. The van der Waals surface area contributed by atoms with E-state index in [0.29, 0.717) is 44.6 Å². The number of likely N-dealkylation sites (tertiary alicyclic amines) is 1. The van der Waals surface area contributed by atoms with E-state index in [4.69, 9.17) is 5.11 Å². The van der Waals surface area contributed by atoms with E-state index in [2.05, 4.69) is 4.90 Å². The molecule has 3 rings (SSSR count). The topological polar surface area (TPSA) is 57.6 Å². The predicted octanol–water partition coefficient (Wildman–Crippen LogP) is 3.90. The van der Waals surface area contributed by atoms with Crippen LogP contribution >= 0.6 is 0 Å². The molecule has 142 valence electrons. The standard InChI is InChI=1S/C20H18F3NO3/c21-15-9-16(22)18(17(23)10-15)19(25)13-4-6-24(7-5-13)11-12-2-1-3-14(8-12)20(26)27/h1-3,8-10,13H,4-7,11H2,(H,26,27). The van der Waals surface area contributed by atoms with Gasteiger partial charge in [0.25, 0.3) is 0 Å². The maximum Gasteiger partial charge on any atom is 0.335 e. The van der Waals surface area contributed by atoms with Crippen molar-refractivity contribution in [1.29, 1.82) is 0 Å². The Morgan fingerprint density at radius 2 is 1.67 bits per heavy atom. The van der Waals surface area contributed by atoms with Gasteiger partial charge in [-0.25, -0.2) is 18.0 Å². The molecule has 1 fully saturated rings. The Morgan fingerprint density at radius 3 is 2.26 bits per heavy atom. The zero-order valence-corrected chi connectivity index (χ0v) is 14.4. The molecule has 0 aromatic heterocycles. The van der Waals surface area contributed by atoms with Crippen molar-refractivity contribution in [2.75, 3.05) is 13.1 Å². The van der Waals surface area contributed by atoms with Crippen molar-refractivity contribution < 1.29 is 27.9 Å². The van der Waals surface area contributed by atoms with E-state index in [1.54, 1.807) is 12.1 Å². The summed E-state index contributed by atoms with van der Waals surface area (Å²) in [6.07, 6.45) is 0.849. The maximum absolute atomic E-state index is 13.8. The van der Waals surface area contributed by atoms with Crippen molar-refractivity contribution in [3.63, 3.8) is 0 Å². The molecule has 1 saturated heterocycles. The minimum absolute atomic E-state index is 0.208. The summed E-state index contributed by atoms with van der Waals surface area (Å²) in [6, 6.07) is 7.65. The predicted molar refractivity (Wildman–Crippen MR) is 92.0 cm³/mol. The Bertz CT molecular complexity index is 854. The largest absolute Gasteiger partial charge is 0.478 e. The normalized spacial score (nSPS) is 15.7. The van der Waals surface area contributed by atoms with Crippen LogP contribution in [0.1, 0.15) is 39.1 Å². The Balaban J connectivity index is 1.63. The van der Waals surface area contributed by atoms with E-state index in [1.807, 2.05) is 6.07 Å². The van der Waals surface area contributed by atoms with Crippen LogP contribution in [0.4, 0.5) is 13.2 Å². The third-order valence-corrected chi connectivity index (χ3v) is 4.79. The number of halogens is 3. The minimum Gasteiger partial charge on any atom is -0.478 e. The Kier molecular flexibility index (Phi) is 5.60. The zero-order chi connectivity index (χ0) is 19.6. The number of carbonyl (C=O) groups is 2. The number of piperidine rings is 1. The highest BCUT2D eigenvalue weighted by atomic mass is 19.1. The number of carboxylic acid groups (broad SMARTS) is 1. The number of Topliss-reactive ketones (excluding diaryl/α,β-unsaturated/α-hetero) is 1. The van der Waals surface area contributed by atoms with Crippen LogP contribution in [0, 0.1) is 23.4 Å². The van der Waals surface area contributed by atoms with Crippen molar-refractivity contribution in [3.8, 4) is 0 Å². The molecule has 7 heteroatoms. The van der Waals surface area contributed by atoms with Crippen LogP contribution in [0.15, 0.2) is 36.4 Å². The number of rotatable bonds is 5. The first-order valence-electron chi connectivity index (χ1n) is 8.58. The van der Waals surface area contributed by atoms with Gasteiger partial charge in [0.15, 0.2) is 5.78 Å². The summed E-state index contributed by atoms with van der Waals surface area (Å²) >= 11 is 0. The molecule has 0 spiro atoms. The number of nitrogens with zero attached hydrogens (tertiary/aromatic N) is 1. The van der Waals surface area contributed by atoms with Gasteiger partial charge in [-0.3, -0.25) is 9.69 Å². The van der Waals surface area contributed by atoms with Gasteiger partial charge in [0.2, 0.25) is 0 Å². The van der Waals surface area contributed by atoms with Crippen molar-refractivity contribution in [2.45, 2.75) is 19.4 Å². The minimum atomic E-state index is -1.18. The molecule has 2 aromatic rings. The van der Waals surface area contributed by atoms with Gasteiger partial charge >= 0.3 is 5.97 Å². The van der Waals surface area contributed by atoms with Crippen LogP contribution in [0.5, 0.6) is 0 Å². The third-order valence-electron chi connectivity index (χ3n) is 4.79. The van der Waals surface area contributed by atoms with Crippen LogP contribution in [0.3, 0.4) is 0 Å². The van der Waals surface area contributed by atoms with Crippen molar-refractivity contribution in [3.05, 3.63) is 70.5 Å². The summed E-state index contributed by atoms with van der Waals surface area (Å²) in [5.74, 6) is -5.57. The molecule has 0 amide bonds. The van der Waals surface area contributed by atoms with Crippen LogP contribution < -0.4 is 0 Å². The molecule has 27 heavy (non-hydrogen) atoms. The quantitative estimate of drug-likeness (QED) is 0.803. The molecule has 1 aliphatic rings. The summed E-state index contributed by atoms with van der Waals surface area (Å²) in [4.78, 5) is 25.5. The van der Waals surface area contributed by atoms with E-state index < -0.39 is 40.7 Å². The molecular formula is C20H18F3NO3. The number of hydrogen-bond acceptors (Lipinski definition) is 3. The zero-order valence-electron chi connectivity index (χ0n) is 14.4. The Hall–Kier alpha value is -2.67. The second-order valence-electron chi connectivity index (χ2n) is 6.66. The second-order valence-corrected chi connectivity index (χ2v) is 6.66. The molecule has 1 aliphatic heterocycles. The van der Waals surface area contributed by atoms with Gasteiger partial charge in [0.05, 0.1) is 11.1 Å². The summed E-state index contributed by atoms with van der Waals surface area (Å²) in [6.45, 7) is 1.61. The van der Waals surface area contributed by atoms with Crippen LogP contribution in [-0.2, 0) is 6.54 Å². The van der Waals surface area contributed by atoms with Crippen molar-refractivity contribution in [1.82, 2.24) is 4.90 Å². The molecule has 4 nitrogen and oxygen atoms in total. The first-order valence-corrected chi connectivity index (χ1v) is 8.58. The third kappa shape index (κ3) is 4.36. The lowest BCUT2D eigenvalue weighted by molar-refractivity contribution is 0.0695. The first kappa shape index (κ1) is 19.1. The molecular weight excluding hydrogens is 359 g/mol. The van der Waals surface area contributed by atoms with E-state index in [1.165, 1.54) is 6.07 Å². The lowest BCUT2D eigenvalue weighted by Gasteiger charge is -2.31. The molecule has 0 saturated carbocycles. The lowest BCUT2D eigenvalue weighted by atomic mass is 9.88. The van der Waals surface area contributed by atoms with Crippen LogP contribution in [0.2, 0.25) is 0 Å².